The van der Waals surface area contributed by atoms with Crippen molar-refractivity contribution in [3.8, 4) is 0 Å². The van der Waals surface area contributed by atoms with Crippen molar-refractivity contribution in [3.05, 3.63) is 42.2 Å². The average Bonchev–Trinajstić information content (AvgIpc) is 3.06. The Morgan fingerprint density at radius 2 is 1.88 bits per heavy atom. The van der Waals surface area contributed by atoms with Gasteiger partial charge in [-0.2, -0.15) is 0 Å². The van der Waals surface area contributed by atoms with E-state index in [2.05, 4.69) is 79.5 Å². The van der Waals surface area contributed by atoms with Gasteiger partial charge in [-0.1, -0.05) is 78.8 Å². The van der Waals surface area contributed by atoms with E-state index in [1.165, 1.54) is 75.4 Å². The van der Waals surface area contributed by atoms with E-state index in [1.807, 2.05) is 0 Å². The Kier molecular flexibility index (Phi) is 10.2. The first-order valence-corrected chi connectivity index (χ1v) is 13.8. The lowest BCUT2D eigenvalue weighted by Gasteiger charge is -2.52. The Bertz CT molecular complexity index is 685. The lowest BCUT2D eigenvalue weighted by molar-refractivity contribution is -0.0119. The van der Waals surface area contributed by atoms with E-state index < -0.39 is 0 Å². The van der Waals surface area contributed by atoms with Crippen LogP contribution in [-0.2, 0) is 0 Å². The second-order valence-electron chi connectivity index (χ2n) is 12.2. The summed E-state index contributed by atoms with van der Waals surface area (Å²) in [7, 11) is 0. The normalized spacial score (nSPS) is 32.1. The molecule has 182 valence electrons. The van der Waals surface area contributed by atoms with Crippen LogP contribution in [0.25, 0.3) is 0 Å². The Morgan fingerprint density at radius 3 is 2.50 bits per heavy atom. The third-order valence-corrected chi connectivity index (χ3v) is 10.1. The molecule has 32 heavy (non-hydrogen) atoms. The highest BCUT2D eigenvalue weighted by atomic mass is 14.6. The van der Waals surface area contributed by atoms with Gasteiger partial charge in [0.2, 0.25) is 0 Å². The third-order valence-electron chi connectivity index (χ3n) is 10.1. The molecule has 2 rings (SSSR count). The van der Waals surface area contributed by atoms with Gasteiger partial charge in [0.1, 0.15) is 0 Å². The molecule has 0 heteroatoms. The molecule has 0 bridgehead atoms. The fourth-order valence-corrected chi connectivity index (χ4v) is 7.79. The van der Waals surface area contributed by atoms with Gasteiger partial charge in [-0.15, -0.1) is 5.73 Å². The van der Waals surface area contributed by atoms with Crippen LogP contribution in [0.3, 0.4) is 0 Å². The van der Waals surface area contributed by atoms with Gasteiger partial charge in [-0.25, -0.2) is 0 Å². The molecular weight excluding hydrogens is 384 g/mol. The van der Waals surface area contributed by atoms with Crippen molar-refractivity contribution in [3.63, 3.8) is 0 Å². The lowest BCUT2D eigenvalue weighted by atomic mass is 9.53. The molecule has 0 aromatic carbocycles. The fourth-order valence-electron chi connectivity index (χ4n) is 7.79. The molecule has 0 nitrogen and oxygen atoms in total. The summed E-state index contributed by atoms with van der Waals surface area (Å²) in [5, 5.41) is 0. The highest BCUT2D eigenvalue weighted by Crippen LogP contribution is 2.59. The van der Waals surface area contributed by atoms with Crippen molar-refractivity contribution in [2.75, 3.05) is 0 Å². The first-order chi connectivity index (χ1) is 15.1. The SMILES string of the molecule is C=C=C(C)CCCC1CCC(C(C)C(CC=CCC)C2(C)CCC(=C)CC2CC)C1(C)C. The van der Waals surface area contributed by atoms with Crippen molar-refractivity contribution in [1.29, 1.82) is 0 Å². The van der Waals surface area contributed by atoms with Crippen molar-refractivity contribution in [2.45, 2.75) is 119 Å². The molecule has 0 saturated heterocycles. The number of hydrogen-bond donors (Lipinski definition) is 0. The van der Waals surface area contributed by atoms with Crippen molar-refractivity contribution in [1.82, 2.24) is 0 Å². The predicted octanol–water partition coefficient (Wildman–Crippen LogP) is 10.3. The van der Waals surface area contributed by atoms with E-state index >= 15 is 0 Å². The Morgan fingerprint density at radius 1 is 1.16 bits per heavy atom. The highest BCUT2D eigenvalue weighted by molar-refractivity contribution is 5.09. The minimum absolute atomic E-state index is 0.438. The van der Waals surface area contributed by atoms with E-state index in [0.29, 0.717) is 10.8 Å². The summed E-state index contributed by atoms with van der Waals surface area (Å²) in [5.41, 5.74) is 6.78. The second-order valence-corrected chi connectivity index (χ2v) is 12.2. The van der Waals surface area contributed by atoms with Gasteiger partial charge in [0.05, 0.1) is 0 Å². The van der Waals surface area contributed by atoms with Crippen LogP contribution in [0.1, 0.15) is 119 Å². The van der Waals surface area contributed by atoms with E-state index in [9.17, 15) is 0 Å². The number of allylic oxidation sites excluding steroid dienone is 4. The Balaban J connectivity index is 2.23. The molecule has 0 N–H and O–H groups in total. The predicted molar refractivity (Wildman–Crippen MR) is 144 cm³/mol. The zero-order chi connectivity index (χ0) is 23.9. The van der Waals surface area contributed by atoms with Crippen molar-refractivity contribution in [2.24, 2.45) is 40.4 Å². The van der Waals surface area contributed by atoms with Gasteiger partial charge in [0.25, 0.3) is 0 Å². The third kappa shape index (κ3) is 6.11. The number of hydrogen-bond acceptors (Lipinski definition) is 0. The molecule has 0 spiro atoms. The summed E-state index contributed by atoms with van der Waals surface area (Å²) >= 11 is 0. The van der Waals surface area contributed by atoms with Crippen LogP contribution in [0.15, 0.2) is 42.2 Å². The monoisotopic (exact) mass is 438 g/mol. The molecule has 2 aliphatic rings. The molecule has 2 fully saturated rings. The summed E-state index contributed by atoms with van der Waals surface area (Å²) < 4.78 is 0. The van der Waals surface area contributed by atoms with Gasteiger partial charge in [-0.05, 0) is 117 Å². The van der Waals surface area contributed by atoms with Crippen LogP contribution in [0.5, 0.6) is 0 Å². The standard InChI is InChI=1S/C32H54/c1-10-13-14-18-30(32(9)22-21-25(5)23-27(32)12-3)26(6)29-20-19-28(31(29,7)8)17-15-16-24(4)11-2/h13-14,26-30H,2,5,10,12,15-23H2,1,3-4,6-9H3. The Hall–Kier alpha value is -1.00. The first kappa shape index (κ1) is 27.2. The zero-order valence-electron chi connectivity index (χ0n) is 22.7. The van der Waals surface area contributed by atoms with Crippen LogP contribution in [0.2, 0.25) is 0 Å². The summed E-state index contributed by atoms with van der Waals surface area (Å²) in [6.45, 7) is 25.6. The molecule has 0 amide bonds. The van der Waals surface area contributed by atoms with Crippen molar-refractivity contribution < 1.29 is 0 Å². The largest absolute Gasteiger partial charge is 0.130 e. The lowest BCUT2D eigenvalue weighted by Crippen LogP contribution is -2.44. The molecule has 6 atom stereocenters. The quantitative estimate of drug-likeness (QED) is 0.222. The minimum Gasteiger partial charge on any atom is -0.130 e. The van der Waals surface area contributed by atoms with Crippen LogP contribution >= 0.6 is 0 Å². The maximum absolute atomic E-state index is 4.39. The smallest absolute Gasteiger partial charge is 0.0247 e. The van der Waals surface area contributed by atoms with Crippen LogP contribution < -0.4 is 0 Å². The zero-order valence-corrected chi connectivity index (χ0v) is 22.7. The van der Waals surface area contributed by atoms with E-state index in [4.69, 9.17) is 0 Å². The average molecular weight is 439 g/mol. The maximum atomic E-state index is 4.39. The van der Waals surface area contributed by atoms with Gasteiger partial charge < -0.3 is 0 Å². The summed E-state index contributed by atoms with van der Waals surface area (Å²) in [6.07, 6.45) is 19.1. The van der Waals surface area contributed by atoms with Crippen LogP contribution in [0.4, 0.5) is 0 Å². The molecule has 0 heterocycles. The topological polar surface area (TPSA) is 0 Å². The molecule has 0 radical (unpaired) electrons. The van der Waals surface area contributed by atoms with E-state index in [1.54, 1.807) is 0 Å². The summed E-state index contributed by atoms with van der Waals surface area (Å²) in [6, 6.07) is 0. The van der Waals surface area contributed by atoms with Gasteiger partial charge >= 0.3 is 0 Å². The van der Waals surface area contributed by atoms with Crippen molar-refractivity contribution >= 4 is 0 Å². The van der Waals surface area contributed by atoms with Gasteiger partial charge in [0, 0.05) is 0 Å². The van der Waals surface area contributed by atoms with Gasteiger partial charge in [0.15, 0.2) is 0 Å². The molecular formula is C32H54. The molecule has 0 aliphatic heterocycles. The summed E-state index contributed by atoms with van der Waals surface area (Å²) in [4.78, 5) is 0. The maximum Gasteiger partial charge on any atom is -0.0247 e. The van der Waals surface area contributed by atoms with E-state index in [0.717, 1.165) is 36.0 Å². The molecule has 0 aromatic heterocycles. The molecule has 2 aliphatic carbocycles. The summed E-state index contributed by atoms with van der Waals surface area (Å²) in [5.74, 6) is 4.04. The first-order valence-electron chi connectivity index (χ1n) is 13.8. The van der Waals surface area contributed by atoms with Gasteiger partial charge in [-0.3, -0.25) is 0 Å². The highest BCUT2D eigenvalue weighted by Gasteiger charge is 2.51. The van der Waals surface area contributed by atoms with E-state index in [-0.39, 0.29) is 0 Å². The molecule has 6 unspecified atom stereocenters. The second kappa shape index (κ2) is 11.9. The number of rotatable bonds is 11. The Labute approximate surface area is 201 Å². The minimum atomic E-state index is 0.438. The van der Waals surface area contributed by atoms with Crippen LogP contribution in [-0.4, -0.2) is 0 Å². The fraction of sp³-hybridized carbons (Fsp3) is 0.781. The molecule has 2 saturated carbocycles. The van der Waals surface area contributed by atoms with Crippen LogP contribution in [0, 0.1) is 40.4 Å². The molecule has 0 aromatic rings.